The first-order chi connectivity index (χ1) is 3.13. The lowest BCUT2D eigenvalue weighted by molar-refractivity contribution is -0.301. The zero-order valence-electron chi connectivity index (χ0n) is 4.89. The molecule has 0 unspecified atom stereocenters. The third-order valence-electron chi connectivity index (χ3n) is 0.407. The minimum Gasteiger partial charge on any atom is -0.876 e. The smallest absolute Gasteiger partial charge is 0.151 e. The number of allylic oxidation sites excluding steroid dienone is 2. The van der Waals surface area contributed by atoms with Crippen molar-refractivity contribution in [1.82, 2.24) is 0 Å². The third-order valence-corrected chi connectivity index (χ3v) is 0.407. The van der Waals surface area contributed by atoms with Crippen LogP contribution in [0.4, 0.5) is 0 Å². The van der Waals surface area contributed by atoms with E-state index in [0.717, 1.165) is 6.08 Å². The van der Waals surface area contributed by atoms with Crippen LogP contribution in [0.15, 0.2) is 11.8 Å². The molecule has 0 fully saturated rings. The fourth-order valence-electron chi connectivity index (χ4n) is 0.286. The molecule has 0 atom stereocenters. The summed E-state index contributed by atoms with van der Waals surface area (Å²) in [6.07, 6.45) is 1.06. The van der Waals surface area contributed by atoms with Gasteiger partial charge in [0.15, 0.2) is 5.78 Å². The Balaban J connectivity index is 0. The van der Waals surface area contributed by atoms with Gasteiger partial charge in [0.25, 0.3) is 0 Å². The van der Waals surface area contributed by atoms with E-state index in [1.807, 2.05) is 0 Å². The maximum Gasteiger partial charge on any atom is 0.151 e. The summed E-state index contributed by atoms with van der Waals surface area (Å²) in [5, 5.41) is 9.98. The average Bonchev–Trinajstić information content (AvgIpc) is 1.27. The summed E-state index contributed by atoms with van der Waals surface area (Å²) in [4.78, 5) is 9.98. The van der Waals surface area contributed by atoms with Crippen molar-refractivity contribution in [2.24, 2.45) is 0 Å². The van der Waals surface area contributed by atoms with E-state index in [2.05, 4.69) is 0 Å². The predicted octanol–water partition coefficient (Wildman–Crippen LogP) is -0.985. The van der Waals surface area contributed by atoms with Gasteiger partial charge in [-0.05, 0) is 13.0 Å². The average molecular weight is 117 g/mol. The molecule has 0 aromatic heterocycles. The Hall–Kier alpha value is -0.830. The first-order valence-electron chi connectivity index (χ1n) is 1.99. The van der Waals surface area contributed by atoms with Crippen LogP contribution in [0.1, 0.15) is 13.8 Å². The Bertz CT molecular complexity index is 100. The lowest BCUT2D eigenvalue weighted by Gasteiger charge is -1.98. The van der Waals surface area contributed by atoms with Gasteiger partial charge in [0, 0.05) is 0 Å². The van der Waals surface area contributed by atoms with E-state index in [-0.39, 0.29) is 17.0 Å². The van der Waals surface area contributed by atoms with E-state index in [4.69, 9.17) is 0 Å². The molecule has 0 aromatic rings. The summed E-state index contributed by atoms with van der Waals surface area (Å²) >= 11 is 0. The van der Waals surface area contributed by atoms with Crippen molar-refractivity contribution in [2.45, 2.75) is 13.8 Å². The van der Waals surface area contributed by atoms with Crippen LogP contribution in [-0.4, -0.2) is 11.3 Å². The lowest BCUT2D eigenvalue weighted by Crippen LogP contribution is -1.99. The quantitative estimate of drug-likeness (QED) is 0.327. The van der Waals surface area contributed by atoms with Gasteiger partial charge in [0.1, 0.15) is 0 Å². The molecule has 0 aliphatic rings. The molecule has 48 valence electrons. The largest absolute Gasteiger partial charge is 0.876 e. The van der Waals surface area contributed by atoms with Gasteiger partial charge in [-0.15, -0.1) is 5.76 Å². The second-order valence-electron chi connectivity index (χ2n) is 1.37. The van der Waals surface area contributed by atoms with Crippen molar-refractivity contribution in [3.05, 3.63) is 11.8 Å². The molecule has 0 saturated carbocycles. The SMILES string of the molecule is CC(=O)/C=C(/C)[O-].O. The topological polar surface area (TPSA) is 71.6 Å². The molecule has 3 heteroatoms. The third kappa shape index (κ3) is 8.95. The maximum atomic E-state index is 9.98. The Labute approximate surface area is 47.9 Å². The van der Waals surface area contributed by atoms with Gasteiger partial charge in [-0.2, -0.15) is 0 Å². The molecule has 0 spiro atoms. The first kappa shape index (κ1) is 10.2. The highest BCUT2D eigenvalue weighted by molar-refractivity contribution is 5.87. The highest BCUT2D eigenvalue weighted by Gasteiger charge is 1.76. The van der Waals surface area contributed by atoms with E-state index < -0.39 is 0 Å². The van der Waals surface area contributed by atoms with E-state index in [1.54, 1.807) is 0 Å². The van der Waals surface area contributed by atoms with Gasteiger partial charge in [-0.1, -0.05) is 6.92 Å². The standard InChI is InChI=1S/C5H8O2.H2O/c1-4(6)3-5(2)7;/h3,6H,1-2H3;1H2/p-1/b4-3-;. The zero-order chi connectivity index (χ0) is 5.86. The summed E-state index contributed by atoms with van der Waals surface area (Å²) in [6, 6.07) is 0. The number of carbonyl (C=O) groups excluding carboxylic acids is 1. The Morgan fingerprint density at radius 2 is 1.88 bits per heavy atom. The molecular formula is C5H9O3-. The Kier molecular flexibility index (Phi) is 5.53. The predicted molar refractivity (Wildman–Crippen MR) is 28.1 cm³/mol. The van der Waals surface area contributed by atoms with E-state index in [1.165, 1.54) is 13.8 Å². The van der Waals surface area contributed by atoms with Crippen LogP contribution < -0.4 is 5.11 Å². The molecule has 0 aromatic carbocycles. The highest BCUT2D eigenvalue weighted by Crippen LogP contribution is 1.77. The molecule has 0 radical (unpaired) electrons. The summed E-state index contributed by atoms with van der Waals surface area (Å²) in [7, 11) is 0. The molecule has 0 saturated heterocycles. The van der Waals surface area contributed by atoms with Gasteiger partial charge in [0.2, 0.25) is 0 Å². The summed E-state index contributed by atoms with van der Waals surface area (Å²) in [6.45, 7) is 2.70. The summed E-state index contributed by atoms with van der Waals surface area (Å²) in [5.41, 5.74) is 0. The second kappa shape index (κ2) is 4.33. The Morgan fingerprint density at radius 3 is 1.88 bits per heavy atom. The first-order valence-corrected chi connectivity index (χ1v) is 1.99. The molecule has 3 nitrogen and oxygen atoms in total. The summed E-state index contributed by atoms with van der Waals surface area (Å²) in [5.74, 6) is -0.375. The number of hydrogen-bond acceptors (Lipinski definition) is 2. The maximum absolute atomic E-state index is 9.98. The fraction of sp³-hybridized carbons (Fsp3) is 0.400. The molecule has 0 heterocycles. The molecule has 0 rings (SSSR count). The molecule has 2 N–H and O–H groups in total. The fourth-order valence-corrected chi connectivity index (χ4v) is 0.286. The van der Waals surface area contributed by atoms with Crippen LogP contribution in [0.2, 0.25) is 0 Å². The molecule has 0 amide bonds. The Morgan fingerprint density at radius 1 is 1.50 bits per heavy atom. The number of ketones is 1. The molecular weight excluding hydrogens is 108 g/mol. The van der Waals surface area contributed by atoms with E-state index >= 15 is 0 Å². The number of carbonyl (C=O) groups is 1. The number of hydrogen-bond donors (Lipinski definition) is 0. The van der Waals surface area contributed by atoms with Crippen LogP contribution in [0.3, 0.4) is 0 Å². The van der Waals surface area contributed by atoms with Gasteiger partial charge in [0.05, 0.1) is 0 Å². The van der Waals surface area contributed by atoms with Crippen molar-refractivity contribution in [1.29, 1.82) is 0 Å². The molecule has 0 aliphatic carbocycles. The molecule has 0 aliphatic heterocycles. The normalized spacial score (nSPS) is 10.0. The van der Waals surface area contributed by atoms with Gasteiger partial charge in [-0.25, -0.2) is 0 Å². The van der Waals surface area contributed by atoms with Crippen molar-refractivity contribution < 1.29 is 15.4 Å². The van der Waals surface area contributed by atoms with Crippen LogP contribution in [-0.2, 0) is 4.79 Å². The van der Waals surface area contributed by atoms with Crippen LogP contribution in [0.5, 0.6) is 0 Å². The van der Waals surface area contributed by atoms with Crippen molar-refractivity contribution in [3.8, 4) is 0 Å². The molecule has 0 bridgehead atoms. The number of rotatable bonds is 1. The van der Waals surface area contributed by atoms with Gasteiger partial charge in [-0.3, -0.25) is 4.79 Å². The highest BCUT2D eigenvalue weighted by atomic mass is 16.3. The second-order valence-corrected chi connectivity index (χ2v) is 1.37. The zero-order valence-corrected chi connectivity index (χ0v) is 4.89. The monoisotopic (exact) mass is 117 g/mol. The van der Waals surface area contributed by atoms with E-state index in [0.29, 0.717) is 0 Å². The van der Waals surface area contributed by atoms with Crippen LogP contribution in [0, 0.1) is 0 Å². The van der Waals surface area contributed by atoms with Gasteiger partial charge < -0.3 is 10.6 Å². The van der Waals surface area contributed by atoms with Gasteiger partial charge >= 0.3 is 0 Å². The molecule has 8 heavy (non-hydrogen) atoms. The minimum atomic E-state index is -0.187. The van der Waals surface area contributed by atoms with Crippen LogP contribution in [0.25, 0.3) is 0 Å². The van der Waals surface area contributed by atoms with Crippen molar-refractivity contribution >= 4 is 5.78 Å². The minimum absolute atomic E-state index is 0. The van der Waals surface area contributed by atoms with Crippen molar-refractivity contribution in [2.75, 3.05) is 0 Å². The van der Waals surface area contributed by atoms with Crippen LogP contribution >= 0.6 is 0 Å². The van der Waals surface area contributed by atoms with Crippen molar-refractivity contribution in [3.63, 3.8) is 0 Å². The summed E-state index contributed by atoms with van der Waals surface area (Å²) < 4.78 is 0. The lowest BCUT2D eigenvalue weighted by atomic mass is 10.4. The van der Waals surface area contributed by atoms with E-state index in [9.17, 15) is 9.90 Å².